The van der Waals surface area contributed by atoms with Gasteiger partial charge in [0, 0.05) is 31.0 Å². The summed E-state index contributed by atoms with van der Waals surface area (Å²) in [6, 6.07) is 8.23. The van der Waals surface area contributed by atoms with Crippen molar-refractivity contribution in [1.82, 2.24) is 20.1 Å². The second-order valence-electron chi connectivity index (χ2n) is 10.2. The van der Waals surface area contributed by atoms with Crippen molar-refractivity contribution >= 4 is 30.0 Å². The maximum atomic E-state index is 13.5. The van der Waals surface area contributed by atoms with Crippen LogP contribution in [0.2, 0.25) is 5.02 Å². The molecule has 0 radical (unpaired) electrons. The second kappa shape index (κ2) is 14.2. The van der Waals surface area contributed by atoms with Crippen LogP contribution >= 0.6 is 11.6 Å². The molecule has 1 aliphatic rings. The van der Waals surface area contributed by atoms with Crippen molar-refractivity contribution in [1.29, 1.82) is 0 Å². The largest absolute Gasteiger partial charge is 0.421 e. The molecule has 0 unspecified atom stereocenters. The molecule has 1 aromatic carbocycles. The zero-order valence-corrected chi connectivity index (χ0v) is 24.5. The molecule has 1 aliphatic carbocycles. The maximum absolute atomic E-state index is 13.5. The normalized spacial score (nSPS) is 12.7. The highest BCUT2D eigenvalue weighted by atomic mass is 35.5. The predicted octanol–water partition coefficient (Wildman–Crippen LogP) is 7.32. The zero-order chi connectivity index (χ0) is 31.0. The lowest BCUT2D eigenvalue weighted by atomic mass is 9.95. The number of alkyl halides is 3. The highest BCUT2D eigenvalue weighted by Gasteiger charge is 2.37. The molecule has 0 bridgehead atoms. The number of amides is 1. The van der Waals surface area contributed by atoms with Crippen molar-refractivity contribution in [2.75, 3.05) is 12.4 Å². The lowest BCUT2D eigenvalue weighted by molar-refractivity contribution is -0.139. The van der Waals surface area contributed by atoms with E-state index in [4.69, 9.17) is 21.1 Å². The van der Waals surface area contributed by atoms with E-state index < -0.39 is 29.1 Å². The van der Waals surface area contributed by atoms with Crippen molar-refractivity contribution in [3.05, 3.63) is 76.1 Å². The van der Waals surface area contributed by atoms with Crippen molar-refractivity contribution < 1.29 is 27.5 Å². The summed E-state index contributed by atoms with van der Waals surface area (Å²) in [4.78, 5) is 24.6. The van der Waals surface area contributed by atoms with Crippen LogP contribution in [-0.2, 0) is 23.1 Å². The van der Waals surface area contributed by atoms with Gasteiger partial charge in [-0.05, 0) is 70.7 Å². The Bertz CT molecular complexity index is 1340. The van der Waals surface area contributed by atoms with Gasteiger partial charge >= 0.3 is 6.18 Å². The minimum absolute atomic E-state index is 0.0173. The summed E-state index contributed by atoms with van der Waals surface area (Å²) in [7, 11) is 1.81. The van der Waals surface area contributed by atoms with E-state index in [0.717, 1.165) is 23.5 Å². The Hall–Kier alpha value is -3.86. The summed E-state index contributed by atoms with van der Waals surface area (Å²) >= 11 is 5.72. The van der Waals surface area contributed by atoms with Crippen LogP contribution in [0.25, 0.3) is 0 Å². The molecule has 1 amide bonds. The monoisotopic (exact) mass is 593 g/mol. The van der Waals surface area contributed by atoms with E-state index in [1.54, 1.807) is 27.7 Å². The van der Waals surface area contributed by atoms with E-state index in [1.165, 1.54) is 29.5 Å². The molecule has 1 saturated carbocycles. The number of hydrogen-bond acceptors (Lipinski definition) is 6. The van der Waals surface area contributed by atoms with E-state index >= 15 is 0 Å². The summed E-state index contributed by atoms with van der Waals surface area (Å²) < 4.78 is 47.6. The van der Waals surface area contributed by atoms with Crippen molar-refractivity contribution in [2.24, 2.45) is 0 Å². The van der Waals surface area contributed by atoms with Gasteiger partial charge in [-0.15, -0.1) is 0 Å². The number of allylic oxidation sites excluding steroid dienone is 1. The van der Waals surface area contributed by atoms with Gasteiger partial charge in [0.1, 0.15) is 12.4 Å². The van der Waals surface area contributed by atoms with E-state index in [-0.39, 0.29) is 28.7 Å². The third kappa shape index (κ3) is 9.07. The van der Waals surface area contributed by atoms with Crippen molar-refractivity contribution in [2.45, 2.75) is 65.2 Å². The lowest BCUT2D eigenvalue weighted by Crippen LogP contribution is -2.26. The smallest absolute Gasteiger partial charge is 0.420 e. The number of hydrogen-bond donors (Lipinski definition) is 2. The SMILES string of the molecule is C=C1CCC1.C=O.CNc1ccc(CNC(=O)c2nn(C(C)(C)C)c(Oc3ncc(Cl)cc3C(F)(F)F)c2C)cc1. The van der Waals surface area contributed by atoms with Gasteiger partial charge in [-0.1, -0.05) is 35.9 Å². The highest BCUT2D eigenvalue weighted by molar-refractivity contribution is 6.30. The summed E-state index contributed by atoms with van der Waals surface area (Å²) in [5, 5.41) is 9.99. The fourth-order valence-electron chi connectivity index (χ4n) is 3.56. The Morgan fingerprint density at radius 1 is 1.15 bits per heavy atom. The van der Waals surface area contributed by atoms with Crippen molar-refractivity contribution in [3.63, 3.8) is 0 Å². The molecule has 0 saturated heterocycles. The molecule has 41 heavy (non-hydrogen) atoms. The van der Waals surface area contributed by atoms with Crippen LogP contribution in [0, 0.1) is 6.92 Å². The van der Waals surface area contributed by atoms with E-state index in [9.17, 15) is 18.0 Å². The number of ether oxygens (including phenoxy) is 1. The summed E-state index contributed by atoms with van der Waals surface area (Å²) in [6.07, 6.45) is 0.293. The Kier molecular flexibility index (Phi) is 11.5. The average Bonchev–Trinajstić information content (AvgIpc) is 3.24. The number of nitrogens with one attached hydrogen (secondary N) is 2. The van der Waals surface area contributed by atoms with E-state index in [0.29, 0.717) is 0 Å². The molecular formula is C29H35ClF3N5O3. The quantitative estimate of drug-likeness (QED) is 0.291. The summed E-state index contributed by atoms with van der Waals surface area (Å²) in [5.41, 5.74) is 1.73. The minimum atomic E-state index is -4.74. The molecule has 222 valence electrons. The van der Waals surface area contributed by atoms with Crippen LogP contribution < -0.4 is 15.4 Å². The van der Waals surface area contributed by atoms with Crippen LogP contribution in [0.5, 0.6) is 11.8 Å². The number of carbonyl (C=O) groups excluding carboxylic acids is 2. The highest BCUT2D eigenvalue weighted by Crippen LogP contribution is 2.40. The number of nitrogens with zero attached hydrogens (tertiary/aromatic N) is 3. The lowest BCUT2D eigenvalue weighted by Gasteiger charge is -2.22. The van der Waals surface area contributed by atoms with Crippen LogP contribution in [0.15, 0.2) is 48.7 Å². The van der Waals surface area contributed by atoms with Crippen molar-refractivity contribution in [3.8, 4) is 11.8 Å². The third-order valence-electron chi connectivity index (χ3n) is 5.99. The number of carbonyl (C=O) groups is 2. The average molecular weight is 594 g/mol. The first-order chi connectivity index (χ1) is 19.2. The number of aromatic nitrogens is 3. The van der Waals surface area contributed by atoms with Gasteiger partial charge in [-0.3, -0.25) is 4.79 Å². The Morgan fingerprint density at radius 2 is 1.73 bits per heavy atom. The fourth-order valence-corrected chi connectivity index (χ4v) is 3.71. The number of rotatable bonds is 6. The van der Waals surface area contributed by atoms with Crippen LogP contribution in [0.1, 0.15) is 67.2 Å². The van der Waals surface area contributed by atoms with Gasteiger partial charge in [0.15, 0.2) is 5.69 Å². The number of halogens is 4. The first-order valence-corrected chi connectivity index (χ1v) is 13.1. The van der Waals surface area contributed by atoms with Gasteiger partial charge in [0.2, 0.25) is 11.8 Å². The molecule has 2 N–H and O–H groups in total. The molecule has 2 aromatic heterocycles. The maximum Gasteiger partial charge on any atom is 0.421 e. The first kappa shape index (κ1) is 33.3. The first-order valence-electron chi connectivity index (χ1n) is 12.7. The predicted molar refractivity (Wildman–Crippen MR) is 154 cm³/mol. The van der Waals surface area contributed by atoms with Gasteiger partial charge in [-0.2, -0.15) is 18.3 Å². The zero-order valence-electron chi connectivity index (χ0n) is 23.8. The molecule has 0 atom stereocenters. The van der Waals surface area contributed by atoms with Gasteiger partial charge in [-0.25, -0.2) is 9.67 Å². The molecule has 0 aliphatic heterocycles. The Balaban J connectivity index is 0.000000743. The molecule has 1 fully saturated rings. The Morgan fingerprint density at radius 3 is 2.20 bits per heavy atom. The van der Waals surface area contributed by atoms with E-state index in [1.807, 2.05) is 38.1 Å². The third-order valence-corrected chi connectivity index (χ3v) is 6.20. The van der Waals surface area contributed by atoms with Crippen LogP contribution in [-0.4, -0.2) is 34.5 Å². The summed E-state index contributed by atoms with van der Waals surface area (Å²) in [6.45, 7) is 12.9. The molecule has 2 heterocycles. The minimum Gasteiger partial charge on any atom is -0.420 e. The van der Waals surface area contributed by atoms with E-state index in [2.05, 4.69) is 27.3 Å². The van der Waals surface area contributed by atoms with Crippen LogP contribution in [0.4, 0.5) is 18.9 Å². The molecule has 8 nitrogen and oxygen atoms in total. The Labute approximate surface area is 242 Å². The molecule has 0 spiro atoms. The molecule has 12 heteroatoms. The molecular weight excluding hydrogens is 559 g/mol. The molecule has 3 aromatic rings. The number of pyridine rings is 1. The fraction of sp³-hybridized carbons (Fsp3) is 0.379. The molecule has 4 rings (SSSR count). The summed E-state index contributed by atoms with van der Waals surface area (Å²) in [5.74, 6) is -1.18. The standard InChI is InChI=1S/C23H25ClF3N5O2.C5H8.CH2O/c1-13-18(19(33)29-11-14-6-8-16(28-5)9-7-14)31-32(22(2,3)4)21(13)34-20-17(23(25,26)27)10-15(24)12-30-20;1-5-3-2-4-5;1-2/h6-10,12,28H,11H2,1-5H3,(H,29,33);1-4H2;1H2. The number of anilines is 1. The second-order valence-corrected chi connectivity index (χ2v) is 10.6. The van der Waals surface area contributed by atoms with Gasteiger partial charge in [0.05, 0.1) is 10.6 Å². The van der Waals surface area contributed by atoms with Crippen LogP contribution in [0.3, 0.4) is 0 Å². The number of benzene rings is 1. The van der Waals surface area contributed by atoms with Gasteiger partial charge < -0.3 is 20.2 Å². The van der Waals surface area contributed by atoms with Gasteiger partial charge in [0.25, 0.3) is 5.91 Å². The topological polar surface area (TPSA) is 98.1 Å².